The lowest BCUT2D eigenvalue weighted by Crippen LogP contribution is -2.31. The molecule has 0 saturated heterocycles. The van der Waals surface area contributed by atoms with Crippen LogP contribution in [0.2, 0.25) is 10.0 Å². The minimum Gasteiger partial charge on any atom is -0.710 e. The summed E-state index contributed by atoms with van der Waals surface area (Å²) in [5.41, 5.74) is 1.81. The highest BCUT2D eigenvalue weighted by Crippen LogP contribution is 2.27. The van der Waals surface area contributed by atoms with Crippen molar-refractivity contribution >= 4 is 23.2 Å². The summed E-state index contributed by atoms with van der Waals surface area (Å²) in [5.74, 6) is 0.136. The van der Waals surface area contributed by atoms with Gasteiger partial charge in [-0.3, -0.25) is 0 Å². The summed E-state index contributed by atoms with van der Waals surface area (Å²) in [5, 5.41) is 21.1. The average molecular weight is 318 g/mol. The van der Waals surface area contributed by atoms with Gasteiger partial charge in [0.15, 0.2) is 5.69 Å². The molecule has 6 heteroatoms. The molecule has 1 heterocycles. The molecule has 0 aliphatic carbocycles. The first-order valence-electron chi connectivity index (χ1n) is 6.13. The molecule has 0 radical (unpaired) electrons. The van der Waals surface area contributed by atoms with Crippen LogP contribution >= 0.6 is 23.2 Å². The Morgan fingerprint density at radius 2 is 1.71 bits per heavy atom. The monoisotopic (exact) mass is 317 g/mol. The minimum absolute atomic E-state index is 0.136. The molecule has 0 aliphatic heterocycles. The van der Waals surface area contributed by atoms with E-state index in [0.29, 0.717) is 26.0 Å². The zero-order valence-corrected chi connectivity index (χ0v) is 12.2. The van der Waals surface area contributed by atoms with Crippen LogP contribution in [0.15, 0.2) is 54.7 Å². The highest BCUT2D eigenvalue weighted by molar-refractivity contribution is 6.36. The molecule has 2 aromatic carbocycles. The van der Waals surface area contributed by atoms with Crippen molar-refractivity contribution in [3.63, 3.8) is 0 Å². The van der Waals surface area contributed by atoms with Gasteiger partial charge in [0.2, 0.25) is 0 Å². The number of benzene rings is 2. The molecule has 104 valence electrons. The molecule has 0 atom stereocenters. The zero-order chi connectivity index (χ0) is 14.8. The normalized spacial score (nSPS) is 10.6. The molecular formula is C15H9Cl2N3O. The first-order valence-corrected chi connectivity index (χ1v) is 6.88. The van der Waals surface area contributed by atoms with Crippen LogP contribution < -0.4 is 4.73 Å². The van der Waals surface area contributed by atoms with E-state index in [0.717, 1.165) is 5.56 Å². The van der Waals surface area contributed by atoms with E-state index in [1.807, 2.05) is 30.3 Å². The Labute approximate surface area is 131 Å². The molecule has 1 aromatic heterocycles. The number of nitrogens with zero attached hydrogens (tertiary/aromatic N) is 3. The lowest BCUT2D eigenvalue weighted by molar-refractivity contribution is -0.596. The molecular weight excluding hydrogens is 309 g/mol. The van der Waals surface area contributed by atoms with Crippen molar-refractivity contribution < 1.29 is 4.73 Å². The van der Waals surface area contributed by atoms with Gasteiger partial charge in [0, 0.05) is 10.6 Å². The Bertz CT molecular complexity index is 794. The molecule has 0 unspecified atom stereocenters. The molecule has 0 aliphatic rings. The van der Waals surface area contributed by atoms with Crippen molar-refractivity contribution in [3.05, 3.63) is 70.0 Å². The van der Waals surface area contributed by atoms with Gasteiger partial charge >= 0.3 is 5.82 Å². The van der Waals surface area contributed by atoms with Crippen molar-refractivity contribution in [1.29, 1.82) is 0 Å². The van der Waals surface area contributed by atoms with Gasteiger partial charge in [-0.15, -0.1) is 0 Å². The molecule has 4 nitrogen and oxygen atoms in total. The molecule has 0 N–H and O–H groups in total. The molecule has 0 amide bonds. The smallest absolute Gasteiger partial charge is 0.362 e. The Balaban J connectivity index is 2.06. The Kier molecular flexibility index (Phi) is 3.73. The van der Waals surface area contributed by atoms with Crippen molar-refractivity contribution in [2.24, 2.45) is 0 Å². The second kappa shape index (κ2) is 5.68. The second-order valence-electron chi connectivity index (χ2n) is 4.35. The molecule has 3 rings (SSSR count). The highest BCUT2D eigenvalue weighted by Gasteiger charge is 2.18. The van der Waals surface area contributed by atoms with E-state index in [4.69, 9.17) is 23.2 Å². The molecule has 0 saturated carbocycles. The molecule has 3 aromatic rings. The van der Waals surface area contributed by atoms with Crippen molar-refractivity contribution in [3.8, 4) is 22.6 Å². The minimum atomic E-state index is 0.136. The fourth-order valence-electron chi connectivity index (χ4n) is 1.93. The van der Waals surface area contributed by atoms with Crippen LogP contribution in [0.4, 0.5) is 0 Å². The Hall–Kier alpha value is -2.17. The topological polar surface area (TPSA) is 52.7 Å². The van der Waals surface area contributed by atoms with Crippen LogP contribution in [0.5, 0.6) is 0 Å². The fourth-order valence-corrected chi connectivity index (χ4v) is 2.42. The standard InChI is InChI=1S/C15H9Cl2N3O/c16-11-6-7-12(13(17)8-11)15-19-18-14(9-20(15)21)10-4-2-1-3-5-10/h1-9H. The van der Waals surface area contributed by atoms with E-state index in [9.17, 15) is 5.21 Å². The third kappa shape index (κ3) is 2.82. The van der Waals surface area contributed by atoms with Crippen molar-refractivity contribution in [1.82, 2.24) is 10.2 Å². The van der Waals surface area contributed by atoms with Gasteiger partial charge in [-0.1, -0.05) is 53.5 Å². The maximum absolute atomic E-state index is 12.2. The van der Waals surface area contributed by atoms with Gasteiger partial charge in [0.05, 0.1) is 15.7 Å². The number of rotatable bonds is 2. The zero-order valence-electron chi connectivity index (χ0n) is 10.7. The summed E-state index contributed by atoms with van der Waals surface area (Å²) in [7, 11) is 0. The highest BCUT2D eigenvalue weighted by atomic mass is 35.5. The van der Waals surface area contributed by atoms with Crippen LogP contribution in [-0.4, -0.2) is 10.2 Å². The van der Waals surface area contributed by atoms with Crippen molar-refractivity contribution in [2.75, 3.05) is 0 Å². The molecule has 0 fully saturated rings. The quantitative estimate of drug-likeness (QED) is 0.534. The summed E-state index contributed by atoms with van der Waals surface area (Å²) in [6.45, 7) is 0. The molecule has 0 bridgehead atoms. The van der Waals surface area contributed by atoms with E-state index in [1.54, 1.807) is 18.2 Å². The first kappa shape index (κ1) is 13.8. The van der Waals surface area contributed by atoms with E-state index in [1.165, 1.54) is 6.20 Å². The second-order valence-corrected chi connectivity index (χ2v) is 5.20. The third-order valence-electron chi connectivity index (χ3n) is 2.94. The van der Waals surface area contributed by atoms with Crippen LogP contribution in [0.25, 0.3) is 22.6 Å². The van der Waals surface area contributed by atoms with Crippen molar-refractivity contribution in [2.45, 2.75) is 0 Å². The molecule has 0 spiro atoms. The maximum atomic E-state index is 12.2. The number of hydrogen-bond donors (Lipinski definition) is 0. The van der Waals surface area contributed by atoms with Crippen LogP contribution in [-0.2, 0) is 0 Å². The molecule has 21 heavy (non-hydrogen) atoms. The van der Waals surface area contributed by atoms with E-state index < -0.39 is 0 Å². The average Bonchev–Trinajstić information content (AvgIpc) is 2.49. The summed E-state index contributed by atoms with van der Waals surface area (Å²) in [6.07, 6.45) is 1.38. The largest absolute Gasteiger partial charge is 0.710 e. The Morgan fingerprint density at radius 1 is 0.952 bits per heavy atom. The maximum Gasteiger partial charge on any atom is 0.362 e. The summed E-state index contributed by atoms with van der Waals surface area (Å²) in [4.78, 5) is 0. The fraction of sp³-hybridized carbons (Fsp3) is 0. The lowest BCUT2D eigenvalue weighted by Gasteiger charge is -2.07. The number of halogens is 2. The predicted molar refractivity (Wildman–Crippen MR) is 81.9 cm³/mol. The predicted octanol–water partition coefficient (Wildman–Crippen LogP) is 3.75. The number of aromatic nitrogens is 3. The summed E-state index contributed by atoms with van der Waals surface area (Å²) in [6, 6.07) is 14.2. The van der Waals surface area contributed by atoms with Gasteiger partial charge in [0.25, 0.3) is 0 Å². The van der Waals surface area contributed by atoms with Gasteiger partial charge < -0.3 is 5.21 Å². The lowest BCUT2D eigenvalue weighted by atomic mass is 10.1. The summed E-state index contributed by atoms with van der Waals surface area (Å²) >= 11 is 11.9. The van der Waals surface area contributed by atoms with Gasteiger partial charge in [0.1, 0.15) is 6.20 Å². The van der Waals surface area contributed by atoms with Crippen LogP contribution in [0, 0.1) is 5.21 Å². The van der Waals surface area contributed by atoms with Crippen LogP contribution in [0.3, 0.4) is 0 Å². The first-order chi connectivity index (χ1) is 10.1. The van der Waals surface area contributed by atoms with Gasteiger partial charge in [-0.25, -0.2) is 4.73 Å². The third-order valence-corrected chi connectivity index (χ3v) is 3.49. The van der Waals surface area contributed by atoms with Crippen LogP contribution in [0.1, 0.15) is 0 Å². The van der Waals surface area contributed by atoms with Gasteiger partial charge in [-0.2, -0.15) is 0 Å². The number of hydrogen-bond acceptors (Lipinski definition) is 3. The van der Waals surface area contributed by atoms with Gasteiger partial charge in [-0.05, 0) is 23.3 Å². The van der Waals surface area contributed by atoms with E-state index >= 15 is 0 Å². The van der Waals surface area contributed by atoms with E-state index in [2.05, 4.69) is 10.2 Å². The Morgan fingerprint density at radius 3 is 2.38 bits per heavy atom. The summed E-state index contributed by atoms with van der Waals surface area (Å²) < 4.78 is 0.657. The van der Waals surface area contributed by atoms with E-state index in [-0.39, 0.29) is 5.82 Å². The SMILES string of the molecule is [O-][n+]1cc(-c2ccccc2)nnc1-c1ccc(Cl)cc1Cl.